The number of hydrogen-bond donors (Lipinski definition) is 0. The van der Waals surface area contributed by atoms with Crippen LogP contribution in [0, 0.1) is 11.8 Å². The minimum absolute atomic E-state index is 0.0973. The SMILES string of the molecule is CCC(/C=C/C#CC/C=C\C=C\CP(=O)(OC)OC)OP. The standard InChI is InChI=1S/C15H24O4P2/c1-4-15(19-20)13-11-9-7-5-6-8-10-12-14-21(16,17-2)18-3/h6,8,10-13,15H,4-5,14,20H2,1-3H3/b8-6-,12-10+,13-11+. The van der Waals surface area contributed by atoms with Crippen LogP contribution in [0.5, 0.6) is 0 Å². The molecule has 0 aromatic carbocycles. The van der Waals surface area contributed by atoms with E-state index in [1.54, 1.807) is 18.2 Å². The Morgan fingerprint density at radius 1 is 1.24 bits per heavy atom. The van der Waals surface area contributed by atoms with Crippen molar-refractivity contribution in [1.29, 1.82) is 0 Å². The Morgan fingerprint density at radius 2 is 1.90 bits per heavy atom. The predicted octanol–water partition coefficient (Wildman–Crippen LogP) is 4.12. The Labute approximate surface area is 130 Å². The van der Waals surface area contributed by atoms with Crippen molar-refractivity contribution in [3.05, 3.63) is 36.5 Å². The molecule has 0 aliphatic carbocycles. The van der Waals surface area contributed by atoms with Crippen molar-refractivity contribution < 1.29 is 18.1 Å². The molecule has 0 saturated carbocycles. The van der Waals surface area contributed by atoms with Gasteiger partial charge in [0.25, 0.3) is 0 Å². The molecule has 0 aliphatic heterocycles. The van der Waals surface area contributed by atoms with Crippen LogP contribution >= 0.6 is 17.1 Å². The fraction of sp³-hybridized carbons (Fsp3) is 0.467. The van der Waals surface area contributed by atoms with E-state index in [2.05, 4.69) is 21.3 Å². The summed E-state index contributed by atoms with van der Waals surface area (Å²) in [5.41, 5.74) is 0. The molecule has 0 bridgehead atoms. The molecule has 0 amide bonds. The van der Waals surface area contributed by atoms with Crippen LogP contribution in [0.1, 0.15) is 19.8 Å². The van der Waals surface area contributed by atoms with E-state index in [9.17, 15) is 4.57 Å². The lowest BCUT2D eigenvalue weighted by molar-refractivity contribution is 0.279. The van der Waals surface area contributed by atoms with Gasteiger partial charge in [0.1, 0.15) is 0 Å². The second kappa shape index (κ2) is 13.0. The number of rotatable bonds is 9. The van der Waals surface area contributed by atoms with Gasteiger partial charge in [0, 0.05) is 30.1 Å². The summed E-state index contributed by atoms with van der Waals surface area (Å²) in [7, 11) is 2.07. The highest BCUT2D eigenvalue weighted by atomic mass is 31.2. The maximum atomic E-state index is 11.7. The second-order valence-corrected chi connectivity index (χ2v) is 6.57. The Bertz CT molecular complexity index is 446. The molecule has 4 nitrogen and oxygen atoms in total. The van der Waals surface area contributed by atoms with Gasteiger partial charge in [-0.05, 0) is 18.6 Å². The normalized spacial score (nSPS) is 13.9. The lowest BCUT2D eigenvalue weighted by Crippen LogP contribution is -1.99. The van der Waals surface area contributed by atoms with Gasteiger partial charge in [0.05, 0.1) is 12.3 Å². The van der Waals surface area contributed by atoms with Crippen molar-refractivity contribution in [3.63, 3.8) is 0 Å². The van der Waals surface area contributed by atoms with E-state index >= 15 is 0 Å². The largest absolute Gasteiger partial charge is 0.358 e. The highest BCUT2D eigenvalue weighted by Gasteiger charge is 2.17. The molecule has 0 aromatic heterocycles. The van der Waals surface area contributed by atoms with Crippen LogP contribution in [-0.2, 0) is 18.1 Å². The summed E-state index contributed by atoms with van der Waals surface area (Å²) in [5, 5.41) is 0. The third kappa shape index (κ3) is 10.7. The van der Waals surface area contributed by atoms with E-state index in [0.29, 0.717) is 6.42 Å². The van der Waals surface area contributed by atoms with Gasteiger partial charge in [-0.3, -0.25) is 4.57 Å². The van der Waals surface area contributed by atoms with Crippen molar-refractivity contribution in [2.45, 2.75) is 25.9 Å². The molecule has 0 fully saturated rings. The van der Waals surface area contributed by atoms with E-state index in [-0.39, 0.29) is 12.3 Å². The molecular formula is C15H24O4P2. The quantitative estimate of drug-likeness (QED) is 0.362. The zero-order valence-electron chi connectivity index (χ0n) is 12.8. The first-order chi connectivity index (χ1) is 10.1. The molecule has 0 rings (SSSR count). The minimum atomic E-state index is -2.94. The molecule has 0 radical (unpaired) electrons. The van der Waals surface area contributed by atoms with Crippen molar-refractivity contribution >= 4 is 17.1 Å². The molecule has 0 N–H and O–H groups in total. The summed E-state index contributed by atoms with van der Waals surface area (Å²) >= 11 is 0. The van der Waals surface area contributed by atoms with Crippen LogP contribution in [0.2, 0.25) is 0 Å². The molecule has 118 valence electrons. The average molecular weight is 330 g/mol. The van der Waals surface area contributed by atoms with E-state index in [1.165, 1.54) is 14.2 Å². The summed E-state index contributed by atoms with van der Waals surface area (Å²) in [6.07, 6.45) is 13.0. The Hall–Kier alpha value is -0.680. The van der Waals surface area contributed by atoms with Crippen molar-refractivity contribution in [3.8, 4) is 11.8 Å². The molecule has 2 unspecified atom stereocenters. The summed E-state index contributed by atoms with van der Waals surface area (Å²) in [6.45, 7) is 2.05. The lowest BCUT2D eigenvalue weighted by Gasteiger charge is -2.09. The maximum Gasteiger partial charge on any atom is 0.333 e. The van der Waals surface area contributed by atoms with Gasteiger partial charge in [0.2, 0.25) is 0 Å². The first-order valence-corrected chi connectivity index (χ1v) is 8.84. The first-order valence-electron chi connectivity index (χ1n) is 6.64. The van der Waals surface area contributed by atoms with Crippen LogP contribution in [0.4, 0.5) is 0 Å². The van der Waals surface area contributed by atoms with E-state index in [4.69, 9.17) is 13.6 Å². The van der Waals surface area contributed by atoms with Crippen molar-refractivity contribution in [2.75, 3.05) is 20.4 Å². The smallest absolute Gasteiger partial charge is 0.333 e. The van der Waals surface area contributed by atoms with Crippen LogP contribution in [0.25, 0.3) is 0 Å². The van der Waals surface area contributed by atoms with Crippen LogP contribution in [-0.4, -0.2) is 26.5 Å². The monoisotopic (exact) mass is 330 g/mol. The van der Waals surface area contributed by atoms with Gasteiger partial charge >= 0.3 is 7.60 Å². The zero-order valence-corrected chi connectivity index (χ0v) is 14.9. The first kappa shape index (κ1) is 20.3. The second-order valence-electron chi connectivity index (χ2n) is 3.98. The summed E-state index contributed by atoms with van der Waals surface area (Å²) in [5.74, 6) is 5.93. The van der Waals surface area contributed by atoms with Gasteiger partial charge in [-0.1, -0.05) is 43.1 Å². The topological polar surface area (TPSA) is 44.8 Å². The Balaban J connectivity index is 4.01. The van der Waals surface area contributed by atoms with Crippen molar-refractivity contribution in [2.24, 2.45) is 0 Å². The van der Waals surface area contributed by atoms with Gasteiger partial charge in [-0.25, -0.2) is 0 Å². The Morgan fingerprint density at radius 3 is 2.48 bits per heavy atom. The van der Waals surface area contributed by atoms with Crippen LogP contribution < -0.4 is 0 Å². The molecule has 0 spiro atoms. The van der Waals surface area contributed by atoms with Crippen molar-refractivity contribution in [1.82, 2.24) is 0 Å². The molecule has 21 heavy (non-hydrogen) atoms. The number of hydrogen-bond acceptors (Lipinski definition) is 4. The molecular weight excluding hydrogens is 306 g/mol. The van der Waals surface area contributed by atoms with E-state index < -0.39 is 7.60 Å². The highest BCUT2D eigenvalue weighted by Crippen LogP contribution is 2.46. The predicted molar refractivity (Wildman–Crippen MR) is 91.2 cm³/mol. The van der Waals surface area contributed by atoms with E-state index in [0.717, 1.165) is 6.42 Å². The molecule has 6 heteroatoms. The highest BCUT2D eigenvalue weighted by molar-refractivity contribution is 7.54. The van der Waals surface area contributed by atoms with Gasteiger partial charge in [-0.2, -0.15) is 0 Å². The molecule has 0 aliphatic rings. The summed E-state index contributed by atoms with van der Waals surface area (Å²) in [4.78, 5) is 0. The fourth-order valence-corrected chi connectivity index (χ4v) is 2.36. The molecule has 0 saturated heterocycles. The third-order valence-electron chi connectivity index (χ3n) is 2.56. The van der Waals surface area contributed by atoms with E-state index in [1.807, 2.05) is 25.2 Å². The zero-order chi connectivity index (χ0) is 16.0. The van der Waals surface area contributed by atoms with Crippen LogP contribution in [0.15, 0.2) is 36.5 Å². The fourth-order valence-electron chi connectivity index (χ4n) is 1.25. The van der Waals surface area contributed by atoms with Gasteiger partial charge < -0.3 is 13.6 Å². The van der Waals surface area contributed by atoms with Gasteiger partial charge in [-0.15, -0.1) is 0 Å². The molecule has 0 heterocycles. The van der Waals surface area contributed by atoms with Crippen LogP contribution in [0.3, 0.4) is 0 Å². The minimum Gasteiger partial charge on any atom is -0.358 e. The number of allylic oxidation sites excluding steroid dienone is 5. The molecule has 0 aromatic rings. The van der Waals surface area contributed by atoms with Gasteiger partial charge in [0.15, 0.2) is 0 Å². The lowest BCUT2D eigenvalue weighted by atomic mass is 10.2. The molecule has 2 atom stereocenters. The average Bonchev–Trinajstić information content (AvgIpc) is 2.52. The Kier molecular flexibility index (Phi) is 12.6. The summed E-state index contributed by atoms with van der Waals surface area (Å²) in [6, 6.07) is 0. The summed E-state index contributed by atoms with van der Waals surface area (Å²) < 4.78 is 26.4. The third-order valence-corrected chi connectivity index (χ3v) is 4.68. The maximum absolute atomic E-state index is 11.7.